The molecule has 0 aromatic rings. The van der Waals surface area contributed by atoms with Crippen molar-refractivity contribution in [2.75, 3.05) is 0 Å². The second kappa shape index (κ2) is 5.18. The minimum absolute atomic E-state index is 0.349. The number of hydrogen-bond acceptors (Lipinski definition) is 1. The lowest BCUT2D eigenvalue weighted by Gasteiger charge is -2.35. The molecule has 92 valence electrons. The van der Waals surface area contributed by atoms with Gasteiger partial charge >= 0.3 is 0 Å². The van der Waals surface area contributed by atoms with Crippen LogP contribution in [0.3, 0.4) is 0 Å². The van der Waals surface area contributed by atoms with Gasteiger partial charge in [0, 0.05) is 0 Å². The molecule has 1 aliphatic rings. The van der Waals surface area contributed by atoms with Crippen molar-refractivity contribution in [3.05, 3.63) is 23.3 Å². The zero-order valence-electron chi connectivity index (χ0n) is 11.3. The number of hydrogen-bond donors (Lipinski definition) is 1. The molecule has 0 saturated heterocycles. The van der Waals surface area contributed by atoms with Gasteiger partial charge in [0.25, 0.3) is 0 Å². The summed E-state index contributed by atoms with van der Waals surface area (Å²) >= 11 is 0. The molecular weight excluding hydrogens is 196 g/mol. The Labute approximate surface area is 100 Å². The second-order valence-corrected chi connectivity index (χ2v) is 5.83. The fraction of sp³-hybridized carbons (Fsp3) is 0.733. The van der Waals surface area contributed by atoms with Crippen molar-refractivity contribution >= 4 is 0 Å². The average Bonchev–Trinajstić information content (AvgIpc) is 2.15. The number of aliphatic hydroxyl groups excluding tert-OH is 1. The standard InChI is InChI=1S/C15H26O/c1-11(13(3)16)8-9-14-12(2)7-6-10-15(14,4)5/h13,16H,1,6-10H2,2-5H3. The summed E-state index contributed by atoms with van der Waals surface area (Å²) in [5, 5.41) is 9.43. The first kappa shape index (κ1) is 13.5. The van der Waals surface area contributed by atoms with E-state index in [0.717, 1.165) is 18.4 Å². The van der Waals surface area contributed by atoms with Crippen molar-refractivity contribution in [2.45, 2.75) is 65.9 Å². The summed E-state index contributed by atoms with van der Waals surface area (Å²) in [6.45, 7) is 12.7. The van der Waals surface area contributed by atoms with Crippen LogP contribution in [-0.4, -0.2) is 11.2 Å². The van der Waals surface area contributed by atoms with Gasteiger partial charge in [-0.25, -0.2) is 0 Å². The predicted molar refractivity (Wildman–Crippen MR) is 70.4 cm³/mol. The molecule has 0 aromatic carbocycles. The summed E-state index contributed by atoms with van der Waals surface area (Å²) in [6, 6.07) is 0. The monoisotopic (exact) mass is 222 g/mol. The second-order valence-electron chi connectivity index (χ2n) is 5.83. The van der Waals surface area contributed by atoms with Crippen LogP contribution in [0.25, 0.3) is 0 Å². The van der Waals surface area contributed by atoms with Crippen molar-refractivity contribution in [1.29, 1.82) is 0 Å². The fourth-order valence-corrected chi connectivity index (χ4v) is 2.72. The van der Waals surface area contributed by atoms with E-state index in [2.05, 4.69) is 27.4 Å². The maximum atomic E-state index is 9.43. The smallest absolute Gasteiger partial charge is 0.0719 e. The molecule has 0 aromatic heterocycles. The van der Waals surface area contributed by atoms with Crippen LogP contribution in [0.1, 0.15) is 59.8 Å². The molecule has 1 aliphatic carbocycles. The molecule has 1 rings (SSSR count). The molecule has 0 saturated carbocycles. The Kier molecular flexibility index (Phi) is 4.37. The highest BCUT2D eigenvalue weighted by Crippen LogP contribution is 2.42. The summed E-state index contributed by atoms with van der Waals surface area (Å²) in [5.41, 5.74) is 4.47. The van der Waals surface area contributed by atoms with Crippen LogP contribution in [-0.2, 0) is 0 Å². The third kappa shape index (κ3) is 3.21. The highest BCUT2D eigenvalue weighted by Gasteiger charge is 2.27. The van der Waals surface area contributed by atoms with Gasteiger partial charge in [0.05, 0.1) is 6.10 Å². The number of rotatable bonds is 4. The Morgan fingerprint density at radius 2 is 2.12 bits per heavy atom. The van der Waals surface area contributed by atoms with Crippen molar-refractivity contribution in [2.24, 2.45) is 5.41 Å². The van der Waals surface area contributed by atoms with E-state index in [1.807, 2.05) is 0 Å². The minimum Gasteiger partial charge on any atom is -0.389 e. The van der Waals surface area contributed by atoms with Crippen molar-refractivity contribution in [3.8, 4) is 0 Å². The van der Waals surface area contributed by atoms with Gasteiger partial charge in [0.1, 0.15) is 0 Å². The minimum atomic E-state index is -0.368. The Balaban J connectivity index is 2.67. The summed E-state index contributed by atoms with van der Waals surface area (Å²) in [5.74, 6) is 0. The summed E-state index contributed by atoms with van der Waals surface area (Å²) < 4.78 is 0. The van der Waals surface area contributed by atoms with Crippen LogP contribution in [0.5, 0.6) is 0 Å². The molecule has 0 amide bonds. The Morgan fingerprint density at radius 3 is 2.62 bits per heavy atom. The molecule has 1 nitrogen and oxygen atoms in total. The summed E-state index contributed by atoms with van der Waals surface area (Å²) in [4.78, 5) is 0. The van der Waals surface area contributed by atoms with E-state index in [1.54, 1.807) is 18.1 Å². The van der Waals surface area contributed by atoms with Crippen LogP contribution >= 0.6 is 0 Å². The van der Waals surface area contributed by atoms with E-state index < -0.39 is 0 Å². The van der Waals surface area contributed by atoms with Crippen LogP contribution in [0.15, 0.2) is 23.3 Å². The zero-order chi connectivity index (χ0) is 12.3. The maximum Gasteiger partial charge on any atom is 0.0719 e. The molecule has 16 heavy (non-hydrogen) atoms. The van der Waals surface area contributed by atoms with E-state index in [9.17, 15) is 5.11 Å². The Bertz CT molecular complexity index is 295. The topological polar surface area (TPSA) is 20.2 Å². The largest absolute Gasteiger partial charge is 0.389 e. The molecular formula is C15H26O. The van der Waals surface area contributed by atoms with Gasteiger partial charge in [0.15, 0.2) is 0 Å². The van der Waals surface area contributed by atoms with Gasteiger partial charge < -0.3 is 5.11 Å². The first-order valence-electron chi connectivity index (χ1n) is 6.39. The predicted octanol–water partition coefficient (Wildman–Crippen LogP) is 4.23. The van der Waals surface area contributed by atoms with E-state index >= 15 is 0 Å². The van der Waals surface area contributed by atoms with Crippen molar-refractivity contribution < 1.29 is 5.11 Å². The molecule has 0 radical (unpaired) electrons. The van der Waals surface area contributed by atoms with Crippen LogP contribution in [0.2, 0.25) is 0 Å². The van der Waals surface area contributed by atoms with E-state index in [4.69, 9.17) is 0 Å². The van der Waals surface area contributed by atoms with E-state index in [1.165, 1.54) is 19.3 Å². The molecule has 1 unspecified atom stereocenters. The normalized spacial score (nSPS) is 22.1. The first-order chi connectivity index (χ1) is 7.34. The van der Waals surface area contributed by atoms with Crippen LogP contribution in [0.4, 0.5) is 0 Å². The molecule has 0 aliphatic heterocycles. The van der Waals surface area contributed by atoms with Gasteiger partial charge in [0.2, 0.25) is 0 Å². The Morgan fingerprint density at radius 1 is 1.50 bits per heavy atom. The summed E-state index contributed by atoms with van der Waals surface area (Å²) in [7, 11) is 0. The SMILES string of the molecule is C=C(CCC1=C(C)CCCC1(C)C)C(C)O. The molecule has 1 heteroatoms. The molecule has 1 atom stereocenters. The number of allylic oxidation sites excluding steroid dienone is 2. The first-order valence-corrected chi connectivity index (χ1v) is 6.39. The van der Waals surface area contributed by atoms with Gasteiger partial charge in [-0.05, 0) is 56.9 Å². The highest BCUT2D eigenvalue weighted by atomic mass is 16.3. The fourth-order valence-electron chi connectivity index (χ4n) is 2.72. The lowest BCUT2D eigenvalue weighted by atomic mass is 9.71. The summed E-state index contributed by atoms with van der Waals surface area (Å²) in [6.07, 6.45) is 5.49. The zero-order valence-corrected chi connectivity index (χ0v) is 11.3. The third-order valence-electron chi connectivity index (χ3n) is 3.97. The number of aliphatic hydroxyl groups is 1. The molecule has 0 bridgehead atoms. The Hall–Kier alpha value is -0.560. The van der Waals surface area contributed by atoms with Gasteiger partial charge in [-0.1, -0.05) is 31.6 Å². The molecule has 0 heterocycles. The third-order valence-corrected chi connectivity index (χ3v) is 3.97. The molecule has 0 spiro atoms. The van der Waals surface area contributed by atoms with Gasteiger partial charge in [-0.15, -0.1) is 0 Å². The van der Waals surface area contributed by atoms with Crippen molar-refractivity contribution in [1.82, 2.24) is 0 Å². The molecule has 0 fully saturated rings. The lowest BCUT2D eigenvalue weighted by molar-refractivity contribution is 0.226. The van der Waals surface area contributed by atoms with Crippen molar-refractivity contribution in [3.63, 3.8) is 0 Å². The lowest BCUT2D eigenvalue weighted by Crippen LogP contribution is -2.20. The van der Waals surface area contributed by atoms with Crippen LogP contribution < -0.4 is 0 Å². The molecule has 1 N–H and O–H groups in total. The average molecular weight is 222 g/mol. The highest BCUT2D eigenvalue weighted by molar-refractivity contribution is 5.23. The quantitative estimate of drug-likeness (QED) is 0.706. The van der Waals surface area contributed by atoms with E-state index in [-0.39, 0.29) is 6.10 Å². The van der Waals surface area contributed by atoms with E-state index in [0.29, 0.717) is 5.41 Å². The maximum absolute atomic E-state index is 9.43. The van der Waals surface area contributed by atoms with Gasteiger partial charge in [-0.3, -0.25) is 0 Å². The van der Waals surface area contributed by atoms with Crippen LogP contribution in [0, 0.1) is 5.41 Å². The van der Waals surface area contributed by atoms with Gasteiger partial charge in [-0.2, -0.15) is 0 Å².